The number of anilines is 2. The fourth-order valence-electron chi connectivity index (χ4n) is 4.36. The number of para-hydroxylation sites is 1. The van der Waals surface area contributed by atoms with Crippen LogP contribution in [0.1, 0.15) is 5.56 Å². The van der Waals surface area contributed by atoms with E-state index in [0.717, 1.165) is 62.6 Å². The molecule has 4 aromatic rings. The average Bonchev–Trinajstić information content (AvgIpc) is 2.90. The zero-order chi connectivity index (χ0) is 24.5. The highest BCUT2D eigenvalue weighted by Gasteiger charge is 2.23. The lowest BCUT2D eigenvalue weighted by Crippen LogP contribution is -2.36. The van der Waals surface area contributed by atoms with E-state index < -0.39 is 0 Å². The van der Waals surface area contributed by atoms with Crippen molar-refractivity contribution in [2.75, 3.05) is 36.5 Å². The Bertz CT molecular complexity index is 1490. The monoisotopic (exact) mass is 518 g/mol. The maximum Gasteiger partial charge on any atom is 0.250 e. The van der Waals surface area contributed by atoms with Crippen LogP contribution in [0.4, 0.5) is 11.4 Å². The molecule has 2 aliphatic heterocycles. The topological polar surface area (TPSA) is 79.5 Å². The second-order valence-corrected chi connectivity index (χ2v) is 10.1. The Morgan fingerprint density at radius 2 is 1.94 bits per heavy atom. The fraction of sp³-hybridized carbons (Fsp3) is 0.185. The van der Waals surface area contributed by atoms with Crippen LogP contribution >= 0.6 is 23.4 Å². The summed E-state index contributed by atoms with van der Waals surface area (Å²) in [6.45, 7) is 3.46. The van der Waals surface area contributed by atoms with Crippen LogP contribution in [0, 0.1) is 0 Å². The summed E-state index contributed by atoms with van der Waals surface area (Å²) in [5.74, 6) is 1.53. The third kappa shape index (κ3) is 4.80. The second-order valence-electron chi connectivity index (χ2n) is 8.58. The SMILES string of the molecule is O=c1cc(N2CCOCC2)cc(-c2cccc3c2Oc2ccc(NCc4cncc(Cl)c4)cc2S3)[nH]1. The van der Waals surface area contributed by atoms with Crippen molar-refractivity contribution in [3.63, 3.8) is 0 Å². The van der Waals surface area contributed by atoms with E-state index in [1.165, 1.54) is 0 Å². The summed E-state index contributed by atoms with van der Waals surface area (Å²) >= 11 is 7.69. The molecule has 182 valence electrons. The van der Waals surface area contributed by atoms with Gasteiger partial charge in [-0.3, -0.25) is 9.78 Å². The molecule has 2 aliphatic rings. The van der Waals surface area contributed by atoms with Crippen LogP contribution in [0.25, 0.3) is 11.3 Å². The molecule has 0 unspecified atom stereocenters. The number of hydrogen-bond acceptors (Lipinski definition) is 7. The number of rotatable bonds is 5. The van der Waals surface area contributed by atoms with Crippen LogP contribution in [0.2, 0.25) is 5.02 Å². The Kier molecular flexibility index (Phi) is 6.31. The van der Waals surface area contributed by atoms with E-state index in [0.29, 0.717) is 24.8 Å². The van der Waals surface area contributed by atoms with Gasteiger partial charge < -0.3 is 24.7 Å². The molecule has 0 radical (unpaired) electrons. The number of ether oxygens (including phenoxy) is 2. The largest absolute Gasteiger partial charge is 0.454 e. The first kappa shape index (κ1) is 23.0. The highest BCUT2D eigenvalue weighted by atomic mass is 35.5. The van der Waals surface area contributed by atoms with Gasteiger partial charge >= 0.3 is 0 Å². The van der Waals surface area contributed by atoms with Gasteiger partial charge in [-0.15, -0.1) is 0 Å². The van der Waals surface area contributed by atoms with Crippen LogP contribution < -0.4 is 20.5 Å². The Hall–Kier alpha value is -3.46. The molecule has 4 heterocycles. The average molecular weight is 519 g/mol. The summed E-state index contributed by atoms with van der Waals surface area (Å²) < 4.78 is 11.9. The maximum atomic E-state index is 12.5. The minimum atomic E-state index is -0.138. The zero-order valence-corrected chi connectivity index (χ0v) is 20.9. The van der Waals surface area contributed by atoms with Crippen LogP contribution in [-0.4, -0.2) is 36.3 Å². The second kappa shape index (κ2) is 9.89. The van der Waals surface area contributed by atoms with Crippen LogP contribution in [0.3, 0.4) is 0 Å². The molecule has 6 rings (SSSR count). The Morgan fingerprint density at radius 1 is 1.06 bits per heavy atom. The van der Waals surface area contributed by atoms with E-state index in [-0.39, 0.29) is 5.56 Å². The lowest BCUT2D eigenvalue weighted by molar-refractivity contribution is 0.122. The van der Waals surface area contributed by atoms with Crippen molar-refractivity contribution in [1.29, 1.82) is 0 Å². The first-order valence-electron chi connectivity index (χ1n) is 11.7. The van der Waals surface area contributed by atoms with Crippen LogP contribution in [0.5, 0.6) is 11.5 Å². The lowest BCUT2D eigenvalue weighted by Gasteiger charge is -2.29. The van der Waals surface area contributed by atoms with E-state index in [1.54, 1.807) is 30.2 Å². The number of nitrogens with one attached hydrogen (secondary N) is 2. The highest BCUT2D eigenvalue weighted by Crippen LogP contribution is 2.51. The zero-order valence-electron chi connectivity index (χ0n) is 19.3. The summed E-state index contributed by atoms with van der Waals surface area (Å²) in [5.41, 5.74) is 4.33. The maximum absolute atomic E-state index is 12.5. The standard InChI is InChI=1S/C27H23ClN4O3S/c28-18-10-17(14-29-16-18)15-30-19-4-5-23-25(11-19)36-24-3-1-2-21(27(24)35-23)22-12-20(13-26(33)31-22)32-6-8-34-9-7-32/h1-5,10-14,16,30H,6-9,15H2,(H,31,33). The smallest absolute Gasteiger partial charge is 0.250 e. The summed E-state index contributed by atoms with van der Waals surface area (Å²) in [4.78, 5) is 23.9. The van der Waals surface area contributed by atoms with E-state index in [1.807, 2.05) is 42.5 Å². The van der Waals surface area contributed by atoms with Crippen molar-refractivity contribution < 1.29 is 9.47 Å². The highest BCUT2D eigenvalue weighted by molar-refractivity contribution is 7.99. The van der Waals surface area contributed by atoms with Crippen LogP contribution in [-0.2, 0) is 11.3 Å². The quantitative estimate of drug-likeness (QED) is 0.304. The first-order valence-corrected chi connectivity index (χ1v) is 12.9. The van der Waals surface area contributed by atoms with Crippen molar-refractivity contribution >= 4 is 34.7 Å². The molecule has 0 spiro atoms. The molecule has 2 N–H and O–H groups in total. The summed E-state index contributed by atoms with van der Waals surface area (Å²) in [6, 6.07) is 17.6. The van der Waals surface area contributed by atoms with Crippen molar-refractivity contribution in [1.82, 2.24) is 9.97 Å². The van der Waals surface area contributed by atoms with Crippen LogP contribution in [0.15, 0.2) is 81.6 Å². The number of benzene rings is 2. The molecule has 2 aromatic carbocycles. The minimum absolute atomic E-state index is 0.138. The molecule has 0 amide bonds. The predicted molar refractivity (Wildman–Crippen MR) is 143 cm³/mol. The molecule has 0 aliphatic carbocycles. The molecular weight excluding hydrogens is 496 g/mol. The van der Waals surface area contributed by atoms with Gasteiger partial charge in [0.2, 0.25) is 5.56 Å². The number of morpholine rings is 1. The Morgan fingerprint density at radius 3 is 2.81 bits per heavy atom. The third-order valence-electron chi connectivity index (χ3n) is 6.11. The van der Waals surface area contributed by atoms with Crippen molar-refractivity contribution in [2.45, 2.75) is 16.3 Å². The fourth-order valence-corrected chi connectivity index (χ4v) is 5.58. The number of hydrogen-bond donors (Lipinski definition) is 2. The van der Waals surface area contributed by atoms with Gasteiger partial charge in [0.1, 0.15) is 5.75 Å². The molecule has 0 bridgehead atoms. The van der Waals surface area contributed by atoms with Gasteiger partial charge in [-0.05, 0) is 48.0 Å². The number of H-pyrrole nitrogens is 1. The third-order valence-corrected chi connectivity index (χ3v) is 7.40. The molecule has 1 saturated heterocycles. The summed E-state index contributed by atoms with van der Waals surface area (Å²) in [6.07, 6.45) is 3.42. The summed E-state index contributed by atoms with van der Waals surface area (Å²) in [7, 11) is 0. The molecule has 9 heteroatoms. The van der Waals surface area contributed by atoms with E-state index >= 15 is 0 Å². The van der Waals surface area contributed by atoms with Crippen molar-refractivity contribution in [3.8, 4) is 22.8 Å². The van der Waals surface area contributed by atoms with Gasteiger partial charge in [0.25, 0.3) is 0 Å². The number of halogens is 1. The van der Waals surface area contributed by atoms with Crippen molar-refractivity contribution in [3.05, 3.63) is 87.9 Å². The molecule has 0 atom stereocenters. The molecular formula is C27H23ClN4O3S. The minimum Gasteiger partial charge on any atom is -0.454 e. The van der Waals surface area contributed by atoms with Gasteiger partial charge in [-0.1, -0.05) is 29.4 Å². The van der Waals surface area contributed by atoms with Gasteiger partial charge in [0, 0.05) is 55.0 Å². The molecule has 2 aromatic heterocycles. The number of aromatic amines is 1. The molecule has 1 fully saturated rings. The number of fused-ring (bicyclic) bond motifs is 2. The predicted octanol–water partition coefficient (Wildman–Crippen LogP) is 5.80. The van der Waals surface area contributed by atoms with Gasteiger partial charge in [-0.2, -0.15) is 0 Å². The first-order chi connectivity index (χ1) is 17.6. The molecule has 0 saturated carbocycles. The van der Waals surface area contributed by atoms with Gasteiger partial charge in [0.15, 0.2) is 5.75 Å². The molecule has 36 heavy (non-hydrogen) atoms. The van der Waals surface area contributed by atoms with Gasteiger partial charge in [-0.25, -0.2) is 0 Å². The number of pyridine rings is 2. The normalized spacial score (nSPS) is 14.5. The molecule has 7 nitrogen and oxygen atoms in total. The van der Waals surface area contributed by atoms with Crippen molar-refractivity contribution in [2.24, 2.45) is 0 Å². The van der Waals surface area contributed by atoms with E-state index in [9.17, 15) is 4.79 Å². The lowest BCUT2D eigenvalue weighted by atomic mass is 10.1. The Balaban J connectivity index is 1.26. The van der Waals surface area contributed by atoms with Gasteiger partial charge in [0.05, 0.1) is 33.7 Å². The van der Waals surface area contributed by atoms with E-state index in [2.05, 4.69) is 26.3 Å². The summed E-state index contributed by atoms with van der Waals surface area (Å²) in [5, 5.41) is 4.04. The van der Waals surface area contributed by atoms with E-state index in [4.69, 9.17) is 21.1 Å². The number of aromatic nitrogens is 2. The number of nitrogens with zero attached hydrogens (tertiary/aromatic N) is 2. The Labute approximate surface area is 217 Å².